The van der Waals surface area contributed by atoms with Crippen LogP contribution in [0.5, 0.6) is 0 Å². The number of β-lactam (4-membered cyclic amide) rings is 1. The van der Waals surface area contributed by atoms with Crippen molar-refractivity contribution in [2.45, 2.75) is 33.1 Å². The zero-order chi connectivity index (χ0) is 28.0. The molecule has 2 aliphatic heterocycles. The molecular weight excluding hydrogens is 540 g/mol. The molecule has 38 heavy (non-hydrogen) atoms. The molecule has 4 N–H and O–H groups in total. The molecule has 206 valence electrons. The van der Waals surface area contributed by atoms with Crippen LogP contribution >= 0.6 is 23.1 Å². The van der Waals surface area contributed by atoms with Crippen molar-refractivity contribution in [2.75, 3.05) is 31.4 Å². The van der Waals surface area contributed by atoms with Gasteiger partial charge in [-0.05, 0) is 33.8 Å². The number of carbonyl (C=O) groups is 4. The molecule has 2 atom stereocenters. The van der Waals surface area contributed by atoms with Crippen molar-refractivity contribution < 1.29 is 38.7 Å². The van der Waals surface area contributed by atoms with Crippen LogP contribution in [0, 0.1) is 11.3 Å². The van der Waals surface area contributed by atoms with Crippen molar-refractivity contribution >= 4 is 63.4 Å². The SMILES string of the molecule is C/C(CNC(=O)/C(=N/O)c1csc(N)n1)=N\OCC1C(=O)N2C(C(=O)OCOC(=O)C(C)(C)C)=CCSC12. The van der Waals surface area contributed by atoms with E-state index in [4.69, 9.17) is 25.3 Å². The third-order valence-corrected chi connectivity index (χ3v) is 7.13. The highest BCUT2D eigenvalue weighted by molar-refractivity contribution is 8.00. The van der Waals surface area contributed by atoms with Gasteiger partial charge in [-0.3, -0.25) is 19.3 Å². The van der Waals surface area contributed by atoms with Gasteiger partial charge in [0, 0.05) is 11.1 Å². The largest absolute Gasteiger partial charge is 0.427 e. The number of ether oxygens (including phenoxy) is 2. The normalized spacial score (nSPS) is 19.6. The van der Waals surface area contributed by atoms with Crippen LogP contribution in [0.2, 0.25) is 0 Å². The summed E-state index contributed by atoms with van der Waals surface area (Å²) in [5.74, 6) is -2.36. The van der Waals surface area contributed by atoms with Gasteiger partial charge in [-0.2, -0.15) is 0 Å². The van der Waals surface area contributed by atoms with E-state index in [2.05, 4.69) is 20.6 Å². The van der Waals surface area contributed by atoms with E-state index in [9.17, 15) is 19.2 Å². The average molecular weight is 569 g/mol. The molecule has 0 aromatic carbocycles. The van der Waals surface area contributed by atoms with Crippen LogP contribution < -0.4 is 11.1 Å². The molecule has 0 saturated carbocycles. The van der Waals surface area contributed by atoms with Crippen molar-refractivity contribution in [3.63, 3.8) is 0 Å². The maximum absolute atomic E-state index is 12.7. The lowest BCUT2D eigenvalue weighted by molar-refractivity contribution is -0.174. The van der Waals surface area contributed by atoms with Crippen molar-refractivity contribution in [1.82, 2.24) is 15.2 Å². The van der Waals surface area contributed by atoms with Crippen LogP contribution in [-0.4, -0.2) is 81.3 Å². The van der Waals surface area contributed by atoms with Crippen molar-refractivity contribution in [1.29, 1.82) is 0 Å². The third-order valence-electron chi connectivity index (χ3n) is 5.22. The van der Waals surface area contributed by atoms with E-state index in [0.717, 1.165) is 11.3 Å². The molecule has 3 heterocycles. The van der Waals surface area contributed by atoms with E-state index in [1.807, 2.05) is 0 Å². The zero-order valence-corrected chi connectivity index (χ0v) is 22.8. The number of hydrogen-bond donors (Lipinski definition) is 3. The third kappa shape index (κ3) is 6.80. The highest BCUT2D eigenvalue weighted by Crippen LogP contribution is 2.41. The lowest BCUT2D eigenvalue weighted by Crippen LogP contribution is -2.62. The van der Waals surface area contributed by atoms with Gasteiger partial charge in [-0.1, -0.05) is 10.3 Å². The molecule has 1 fully saturated rings. The van der Waals surface area contributed by atoms with Crippen LogP contribution in [0.15, 0.2) is 27.5 Å². The number of oxime groups is 2. The van der Waals surface area contributed by atoms with Gasteiger partial charge in [0.1, 0.15) is 23.9 Å². The van der Waals surface area contributed by atoms with Crippen LogP contribution in [0.3, 0.4) is 0 Å². The van der Waals surface area contributed by atoms with E-state index >= 15 is 0 Å². The molecule has 3 rings (SSSR count). The maximum Gasteiger partial charge on any atom is 0.357 e. The lowest BCUT2D eigenvalue weighted by Gasteiger charge is -2.47. The molecule has 0 bridgehead atoms. The number of anilines is 1. The lowest BCUT2D eigenvalue weighted by atomic mass is 9.97. The van der Waals surface area contributed by atoms with Crippen LogP contribution in [-0.2, 0) is 33.5 Å². The summed E-state index contributed by atoms with van der Waals surface area (Å²) in [4.78, 5) is 59.8. The quantitative estimate of drug-likeness (QED) is 0.0906. The van der Waals surface area contributed by atoms with E-state index in [1.54, 1.807) is 33.8 Å². The standard InChI is InChI=1S/C22H28N6O8S2/c1-11(7-24-16(29)15(26-33)13-9-38-21(23)25-13)27-36-8-12-17(30)28-14(5-6-37-18(12)28)19(31)34-10-35-20(32)22(2,3)4/h5,9,12,18,33H,6-8,10H2,1-4H3,(H2,23,25)(H,24,29)/b26-15+,27-11+. The summed E-state index contributed by atoms with van der Waals surface area (Å²) in [5.41, 5.74) is 5.12. The predicted molar refractivity (Wildman–Crippen MR) is 138 cm³/mol. The Kier molecular flexibility index (Phi) is 9.32. The van der Waals surface area contributed by atoms with Gasteiger partial charge < -0.3 is 30.6 Å². The monoisotopic (exact) mass is 568 g/mol. The number of rotatable bonds is 10. The zero-order valence-electron chi connectivity index (χ0n) is 21.1. The molecule has 2 amide bonds. The average Bonchev–Trinajstić information content (AvgIpc) is 3.29. The number of thiazole rings is 1. The fraction of sp³-hybridized carbons (Fsp3) is 0.500. The number of nitrogens with zero attached hydrogens (tertiary/aromatic N) is 4. The number of thioether (sulfide) groups is 1. The number of carbonyl (C=O) groups excluding carboxylic acids is 4. The first-order valence-corrected chi connectivity index (χ1v) is 13.2. The Balaban J connectivity index is 1.45. The first kappa shape index (κ1) is 28.9. The second kappa shape index (κ2) is 12.3. The molecule has 14 nitrogen and oxygen atoms in total. The van der Waals surface area contributed by atoms with Crippen LogP contribution in [0.4, 0.5) is 5.13 Å². The Bertz CT molecular complexity index is 1190. The van der Waals surface area contributed by atoms with Crippen molar-refractivity contribution in [3.8, 4) is 0 Å². The molecule has 1 aromatic rings. The first-order valence-electron chi connectivity index (χ1n) is 11.3. The van der Waals surface area contributed by atoms with Crippen LogP contribution in [0.1, 0.15) is 33.4 Å². The highest BCUT2D eigenvalue weighted by atomic mass is 32.2. The van der Waals surface area contributed by atoms with Gasteiger partial charge in [0.25, 0.3) is 5.91 Å². The maximum atomic E-state index is 12.7. The number of amides is 2. The Hall–Kier alpha value is -3.66. The minimum absolute atomic E-state index is 0.0150. The number of nitrogen functional groups attached to an aromatic ring is 1. The second-order valence-corrected chi connectivity index (χ2v) is 11.2. The Morgan fingerprint density at radius 2 is 2.05 bits per heavy atom. The number of nitrogens with two attached hydrogens (primary N) is 1. The smallest absolute Gasteiger partial charge is 0.357 e. The molecule has 0 spiro atoms. The number of fused-ring (bicyclic) bond motifs is 1. The number of nitrogens with one attached hydrogen (secondary N) is 1. The predicted octanol–water partition coefficient (Wildman–Crippen LogP) is 0.917. The Morgan fingerprint density at radius 3 is 2.68 bits per heavy atom. The van der Waals surface area contributed by atoms with Crippen molar-refractivity contribution in [2.24, 2.45) is 21.6 Å². The molecule has 0 aliphatic carbocycles. The summed E-state index contributed by atoms with van der Waals surface area (Å²) in [7, 11) is 0. The number of esters is 2. The summed E-state index contributed by atoms with van der Waals surface area (Å²) in [5, 5.41) is 19.9. The fourth-order valence-electron chi connectivity index (χ4n) is 3.22. The van der Waals surface area contributed by atoms with Gasteiger partial charge in [0.15, 0.2) is 10.8 Å². The number of aromatic nitrogens is 1. The van der Waals surface area contributed by atoms with Crippen molar-refractivity contribution in [3.05, 3.63) is 22.8 Å². The molecule has 2 unspecified atom stereocenters. The highest BCUT2D eigenvalue weighted by Gasteiger charge is 2.52. The van der Waals surface area contributed by atoms with E-state index in [1.165, 1.54) is 22.0 Å². The molecule has 2 aliphatic rings. The Morgan fingerprint density at radius 1 is 1.32 bits per heavy atom. The van der Waals surface area contributed by atoms with Gasteiger partial charge in [-0.25, -0.2) is 9.78 Å². The number of hydrogen-bond acceptors (Lipinski definition) is 14. The minimum Gasteiger partial charge on any atom is -0.427 e. The molecular formula is C22H28N6O8S2. The second-order valence-electron chi connectivity index (χ2n) is 9.18. The molecule has 0 radical (unpaired) electrons. The van der Waals surface area contributed by atoms with Gasteiger partial charge >= 0.3 is 11.9 Å². The molecule has 16 heteroatoms. The fourth-order valence-corrected chi connectivity index (χ4v) is 5.01. The summed E-state index contributed by atoms with van der Waals surface area (Å²) in [6.45, 7) is 6.03. The minimum atomic E-state index is -0.763. The van der Waals surface area contributed by atoms with Gasteiger partial charge in [0.2, 0.25) is 12.7 Å². The summed E-state index contributed by atoms with van der Waals surface area (Å²) < 4.78 is 9.97. The summed E-state index contributed by atoms with van der Waals surface area (Å²) in [6.07, 6.45) is 1.58. The summed E-state index contributed by atoms with van der Waals surface area (Å²) in [6, 6.07) is 0. The summed E-state index contributed by atoms with van der Waals surface area (Å²) >= 11 is 2.55. The van der Waals surface area contributed by atoms with E-state index in [0.29, 0.717) is 11.5 Å². The topological polar surface area (TPSA) is 195 Å². The van der Waals surface area contributed by atoms with E-state index in [-0.39, 0.29) is 46.7 Å². The van der Waals surface area contributed by atoms with Crippen LogP contribution in [0.25, 0.3) is 0 Å². The van der Waals surface area contributed by atoms with Gasteiger partial charge in [-0.15, -0.1) is 23.1 Å². The molecule has 1 saturated heterocycles. The first-order chi connectivity index (χ1) is 17.9. The van der Waals surface area contributed by atoms with Gasteiger partial charge in [0.05, 0.1) is 23.0 Å². The van der Waals surface area contributed by atoms with E-state index < -0.39 is 36.0 Å². The molecule has 1 aromatic heterocycles. The Labute approximate surface area is 226 Å².